The van der Waals surface area contributed by atoms with Gasteiger partial charge in [0, 0.05) is 12.1 Å². The number of nitrogens with zero attached hydrogens (tertiary/aromatic N) is 1. The fourth-order valence-corrected chi connectivity index (χ4v) is 2.42. The van der Waals surface area contributed by atoms with Crippen molar-refractivity contribution in [2.45, 2.75) is 43.9 Å². The zero-order chi connectivity index (χ0) is 7.14. The topological polar surface area (TPSA) is 23.5 Å². The largest absolute Gasteiger partial charge is 0.391 e. The minimum atomic E-state index is -0.0301. The van der Waals surface area contributed by atoms with Gasteiger partial charge in [-0.3, -0.25) is 4.90 Å². The van der Waals surface area contributed by atoms with Crippen LogP contribution in [0.3, 0.4) is 0 Å². The van der Waals surface area contributed by atoms with Crippen molar-refractivity contribution < 1.29 is 5.11 Å². The Morgan fingerprint density at radius 1 is 1.40 bits per heavy atom. The summed E-state index contributed by atoms with van der Waals surface area (Å²) in [6, 6.07) is 1.17. The Morgan fingerprint density at radius 3 is 2.80 bits per heavy atom. The minimum Gasteiger partial charge on any atom is -0.391 e. The molecule has 2 fully saturated rings. The predicted octanol–water partition coefficient (Wildman–Crippen LogP) is 0.604. The fraction of sp³-hybridized carbons (Fsp3) is 1.00. The van der Waals surface area contributed by atoms with Gasteiger partial charge in [-0.05, 0) is 26.3 Å². The van der Waals surface area contributed by atoms with Crippen LogP contribution in [0.15, 0.2) is 0 Å². The maximum atomic E-state index is 9.53. The molecule has 2 bridgehead atoms. The number of fused-ring (bicyclic) bond motifs is 2. The quantitative estimate of drug-likeness (QED) is 0.534. The summed E-state index contributed by atoms with van der Waals surface area (Å²) in [7, 11) is 2.14. The second kappa shape index (κ2) is 2.21. The molecular weight excluding hydrogens is 126 g/mol. The summed E-state index contributed by atoms with van der Waals surface area (Å²) in [6.45, 7) is 0. The first-order valence-electron chi connectivity index (χ1n) is 4.19. The third kappa shape index (κ3) is 0.789. The molecule has 2 nitrogen and oxygen atoms in total. The van der Waals surface area contributed by atoms with Gasteiger partial charge in [0.15, 0.2) is 0 Å². The summed E-state index contributed by atoms with van der Waals surface area (Å²) in [5, 5.41) is 9.53. The van der Waals surface area contributed by atoms with Crippen molar-refractivity contribution >= 4 is 0 Å². The van der Waals surface area contributed by atoms with Crippen LogP contribution in [0.5, 0.6) is 0 Å². The van der Waals surface area contributed by atoms with Gasteiger partial charge in [-0.15, -0.1) is 0 Å². The molecule has 2 aliphatic heterocycles. The van der Waals surface area contributed by atoms with Crippen molar-refractivity contribution in [3.05, 3.63) is 0 Å². The van der Waals surface area contributed by atoms with Crippen LogP contribution in [0.2, 0.25) is 0 Å². The highest BCUT2D eigenvalue weighted by Gasteiger charge is 2.40. The lowest BCUT2D eigenvalue weighted by Gasteiger charge is -2.30. The molecular formula is C8H15NO. The highest BCUT2D eigenvalue weighted by atomic mass is 16.3. The lowest BCUT2D eigenvalue weighted by atomic mass is 10.0. The average molecular weight is 141 g/mol. The van der Waals surface area contributed by atoms with Gasteiger partial charge in [0.25, 0.3) is 0 Å². The number of aliphatic hydroxyl groups is 1. The Balaban J connectivity index is 2.14. The zero-order valence-electron chi connectivity index (χ0n) is 6.45. The van der Waals surface area contributed by atoms with Crippen molar-refractivity contribution in [3.8, 4) is 0 Å². The molecule has 0 spiro atoms. The van der Waals surface area contributed by atoms with Crippen molar-refractivity contribution in [1.82, 2.24) is 4.90 Å². The summed E-state index contributed by atoms with van der Waals surface area (Å²) in [4.78, 5) is 2.36. The molecule has 0 aromatic heterocycles. The van der Waals surface area contributed by atoms with E-state index < -0.39 is 0 Å². The predicted molar refractivity (Wildman–Crippen MR) is 39.8 cm³/mol. The van der Waals surface area contributed by atoms with Crippen LogP contribution in [0.25, 0.3) is 0 Å². The molecule has 2 aliphatic rings. The molecule has 0 aliphatic carbocycles. The number of likely N-dealkylation sites (N-methyl/N-ethyl adjacent to an activating group) is 1. The van der Waals surface area contributed by atoms with E-state index in [0.29, 0.717) is 12.1 Å². The van der Waals surface area contributed by atoms with E-state index in [4.69, 9.17) is 0 Å². The second-order valence-electron chi connectivity index (χ2n) is 3.62. The second-order valence-corrected chi connectivity index (χ2v) is 3.62. The molecule has 0 radical (unpaired) electrons. The molecule has 10 heavy (non-hydrogen) atoms. The first-order chi connectivity index (χ1) is 4.79. The SMILES string of the molecule is CN1[C@H]2CCC[C@H]1[C@@H](O)C2. The van der Waals surface area contributed by atoms with Gasteiger partial charge in [-0.2, -0.15) is 0 Å². The van der Waals surface area contributed by atoms with E-state index in [9.17, 15) is 5.11 Å². The molecule has 1 N–H and O–H groups in total. The highest BCUT2D eigenvalue weighted by Crippen LogP contribution is 2.33. The van der Waals surface area contributed by atoms with Crippen LogP contribution in [-0.4, -0.2) is 35.2 Å². The van der Waals surface area contributed by atoms with Gasteiger partial charge in [0.2, 0.25) is 0 Å². The maximum absolute atomic E-state index is 9.53. The summed E-state index contributed by atoms with van der Waals surface area (Å²) in [6.07, 6.45) is 4.80. The molecule has 0 unspecified atom stereocenters. The van der Waals surface area contributed by atoms with Crippen LogP contribution in [-0.2, 0) is 0 Å². The zero-order valence-corrected chi connectivity index (χ0v) is 6.45. The number of piperidine rings is 1. The van der Waals surface area contributed by atoms with Crippen LogP contribution in [0.1, 0.15) is 25.7 Å². The Hall–Kier alpha value is -0.0800. The Bertz CT molecular complexity index is 137. The van der Waals surface area contributed by atoms with E-state index in [0.717, 1.165) is 6.42 Å². The maximum Gasteiger partial charge on any atom is 0.0710 e. The third-order valence-corrected chi connectivity index (χ3v) is 3.09. The number of rotatable bonds is 0. The van der Waals surface area contributed by atoms with E-state index in [1.165, 1.54) is 19.3 Å². The summed E-state index contributed by atoms with van der Waals surface area (Å²) in [5.41, 5.74) is 0. The first kappa shape index (κ1) is 6.62. The van der Waals surface area contributed by atoms with Crippen molar-refractivity contribution in [2.75, 3.05) is 7.05 Å². The lowest BCUT2D eigenvalue weighted by Crippen LogP contribution is -2.38. The van der Waals surface area contributed by atoms with Gasteiger partial charge in [-0.25, -0.2) is 0 Å². The van der Waals surface area contributed by atoms with Crippen LogP contribution >= 0.6 is 0 Å². The van der Waals surface area contributed by atoms with Gasteiger partial charge in [0.1, 0.15) is 0 Å². The van der Waals surface area contributed by atoms with E-state index in [-0.39, 0.29) is 6.10 Å². The molecule has 58 valence electrons. The molecule has 2 heterocycles. The van der Waals surface area contributed by atoms with E-state index in [1.807, 2.05) is 0 Å². The normalized spacial score (nSPS) is 48.0. The monoisotopic (exact) mass is 141 g/mol. The molecule has 0 aromatic rings. The van der Waals surface area contributed by atoms with Crippen LogP contribution < -0.4 is 0 Å². The van der Waals surface area contributed by atoms with Gasteiger partial charge < -0.3 is 5.11 Å². The molecule has 0 amide bonds. The Kier molecular flexibility index (Phi) is 1.46. The molecule has 2 heteroatoms. The van der Waals surface area contributed by atoms with Gasteiger partial charge >= 0.3 is 0 Å². The third-order valence-electron chi connectivity index (χ3n) is 3.09. The molecule has 0 aromatic carbocycles. The van der Waals surface area contributed by atoms with Crippen LogP contribution in [0, 0.1) is 0 Å². The molecule has 0 saturated carbocycles. The van der Waals surface area contributed by atoms with Crippen LogP contribution in [0.4, 0.5) is 0 Å². The molecule has 2 rings (SSSR count). The molecule has 3 atom stereocenters. The summed E-state index contributed by atoms with van der Waals surface area (Å²) in [5.74, 6) is 0. The average Bonchev–Trinajstić information content (AvgIpc) is 2.16. The summed E-state index contributed by atoms with van der Waals surface area (Å²) >= 11 is 0. The summed E-state index contributed by atoms with van der Waals surface area (Å²) < 4.78 is 0. The number of aliphatic hydroxyl groups excluding tert-OH is 1. The van der Waals surface area contributed by atoms with Crippen molar-refractivity contribution in [1.29, 1.82) is 0 Å². The van der Waals surface area contributed by atoms with E-state index >= 15 is 0 Å². The lowest BCUT2D eigenvalue weighted by molar-refractivity contribution is 0.103. The van der Waals surface area contributed by atoms with Crippen molar-refractivity contribution in [3.63, 3.8) is 0 Å². The van der Waals surface area contributed by atoms with E-state index in [2.05, 4.69) is 11.9 Å². The smallest absolute Gasteiger partial charge is 0.0710 e. The standard InChI is InChI=1S/C8H15NO/c1-9-6-3-2-4-7(9)8(10)5-6/h6-8,10H,2-5H2,1H3/t6-,7-,8-/m0/s1. The minimum absolute atomic E-state index is 0.0301. The number of hydrogen-bond acceptors (Lipinski definition) is 2. The first-order valence-corrected chi connectivity index (χ1v) is 4.19. The Labute approximate surface area is 61.8 Å². The van der Waals surface area contributed by atoms with Gasteiger partial charge in [-0.1, -0.05) is 6.42 Å². The fourth-order valence-electron chi connectivity index (χ4n) is 2.42. The number of hydrogen-bond donors (Lipinski definition) is 1. The highest BCUT2D eigenvalue weighted by molar-refractivity contribution is 4.95. The Morgan fingerprint density at radius 2 is 2.20 bits per heavy atom. The van der Waals surface area contributed by atoms with Gasteiger partial charge in [0.05, 0.1) is 6.10 Å². The van der Waals surface area contributed by atoms with E-state index in [1.54, 1.807) is 0 Å². The van der Waals surface area contributed by atoms with Crippen molar-refractivity contribution in [2.24, 2.45) is 0 Å². The molecule has 2 saturated heterocycles.